The first-order chi connectivity index (χ1) is 10.6. The second-order valence-corrected chi connectivity index (χ2v) is 4.85. The van der Waals surface area contributed by atoms with Crippen molar-refractivity contribution in [3.05, 3.63) is 59.9 Å². The molecule has 1 aromatic heterocycles. The van der Waals surface area contributed by atoms with Crippen LogP contribution >= 0.6 is 11.6 Å². The first-order valence-corrected chi connectivity index (χ1v) is 7.18. The van der Waals surface area contributed by atoms with E-state index in [1.165, 1.54) is 0 Å². The minimum Gasteiger partial charge on any atom is -0.485 e. The number of hydrogen-bond donors (Lipinski definition) is 0. The van der Waals surface area contributed by atoms with E-state index >= 15 is 0 Å². The SMILES string of the molecule is C=C(COc1cc(-c2ccccc2)cnc1Cl)C(=O)OCC. The summed E-state index contributed by atoms with van der Waals surface area (Å²) in [6, 6.07) is 11.5. The third-order valence-corrected chi connectivity index (χ3v) is 3.16. The number of pyridine rings is 1. The molecular weight excluding hydrogens is 302 g/mol. The number of esters is 1. The predicted molar refractivity (Wildman–Crippen MR) is 86.0 cm³/mol. The average molecular weight is 318 g/mol. The van der Waals surface area contributed by atoms with E-state index in [0.717, 1.165) is 11.1 Å². The van der Waals surface area contributed by atoms with Gasteiger partial charge in [-0.25, -0.2) is 9.78 Å². The summed E-state index contributed by atoms with van der Waals surface area (Å²) >= 11 is 6.03. The Hall–Kier alpha value is -2.33. The quantitative estimate of drug-likeness (QED) is 0.460. The Morgan fingerprint density at radius 3 is 2.68 bits per heavy atom. The van der Waals surface area contributed by atoms with Crippen LogP contribution in [-0.2, 0) is 9.53 Å². The van der Waals surface area contributed by atoms with E-state index in [4.69, 9.17) is 21.1 Å². The average Bonchev–Trinajstić information content (AvgIpc) is 2.55. The highest BCUT2D eigenvalue weighted by Crippen LogP contribution is 2.28. The molecule has 2 aromatic rings. The monoisotopic (exact) mass is 317 g/mol. The molecule has 0 N–H and O–H groups in total. The minimum atomic E-state index is -0.481. The number of carbonyl (C=O) groups is 1. The third kappa shape index (κ3) is 4.09. The van der Waals surface area contributed by atoms with E-state index in [1.54, 1.807) is 19.2 Å². The summed E-state index contributed by atoms with van der Waals surface area (Å²) in [5.41, 5.74) is 2.10. The van der Waals surface area contributed by atoms with E-state index < -0.39 is 5.97 Å². The van der Waals surface area contributed by atoms with Crippen LogP contribution in [0, 0.1) is 0 Å². The highest BCUT2D eigenvalue weighted by atomic mass is 35.5. The van der Waals surface area contributed by atoms with Crippen molar-refractivity contribution in [1.82, 2.24) is 4.98 Å². The lowest BCUT2D eigenvalue weighted by Gasteiger charge is -2.10. The van der Waals surface area contributed by atoms with Crippen molar-refractivity contribution in [2.24, 2.45) is 0 Å². The molecule has 1 aromatic carbocycles. The standard InChI is InChI=1S/C17H16ClNO3/c1-3-21-17(20)12(2)11-22-15-9-14(10-19-16(15)18)13-7-5-4-6-8-13/h4-10H,2-3,11H2,1H3. The molecule has 0 unspecified atom stereocenters. The van der Waals surface area contributed by atoms with E-state index in [9.17, 15) is 4.79 Å². The summed E-state index contributed by atoms with van der Waals surface area (Å²) in [5.74, 6) is -0.0840. The fourth-order valence-electron chi connectivity index (χ4n) is 1.77. The van der Waals surface area contributed by atoms with Gasteiger partial charge in [-0.3, -0.25) is 0 Å². The topological polar surface area (TPSA) is 48.4 Å². The zero-order valence-corrected chi connectivity index (χ0v) is 13.0. The fraction of sp³-hybridized carbons (Fsp3) is 0.176. The predicted octanol–water partition coefficient (Wildman–Crippen LogP) is 3.90. The van der Waals surface area contributed by atoms with Crippen molar-refractivity contribution in [3.63, 3.8) is 0 Å². The molecule has 5 heteroatoms. The van der Waals surface area contributed by atoms with Crippen LogP contribution in [0.1, 0.15) is 6.92 Å². The second kappa shape index (κ2) is 7.61. The summed E-state index contributed by atoms with van der Waals surface area (Å²) in [7, 11) is 0. The van der Waals surface area contributed by atoms with Crippen LogP contribution < -0.4 is 4.74 Å². The third-order valence-electron chi connectivity index (χ3n) is 2.88. The van der Waals surface area contributed by atoms with Crippen molar-refractivity contribution >= 4 is 17.6 Å². The maximum Gasteiger partial charge on any atom is 0.336 e. The number of ether oxygens (including phenoxy) is 2. The van der Waals surface area contributed by atoms with E-state index in [1.807, 2.05) is 30.3 Å². The van der Waals surface area contributed by atoms with Crippen LogP contribution in [0.2, 0.25) is 5.15 Å². The Labute approximate surface area is 134 Å². The molecule has 0 aliphatic rings. The summed E-state index contributed by atoms with van der Waals surface area (Å²) < 4.78 is 10.4. The lowest BCUT2D eigenvalue weighted by atomic mass is 10.1. The largest absolute Gasteiger partial charge is 0.485 e. The lowest BCUT2D eigenvalue weighted by Crippen LogP contribution is -2.13. The van der Waals surface area contributed by atoms with Crippen LogP contribution in [0.5, 0.6) is 5.75 Å². The van der Waals surface area contributed by atoms with Crippen LogP contribution in [0.25, 0.3) is 11.1 Å². The summed E-state index contributed by atoms with van der Waals surface area (Å²) in [4.78, 5) is 15.6. The molecule has 0 radical (unpaired) electrons. The van der Waals surface area contributed by atoms with Gasteiger partial charge in [-0.05, 0) is 18.6 Å². The van der Waals surface area contributed by atoms with E-state index in [-0.39, 0.29) is 17.3 Å². The maximum atomic E-state index is 11.5. The molecule has 114 valence electrons. The summed E-state index contributed by atoms with van der Waals surface area (Å²) in [5, 5.41) is 0.233. The Morgan fingerprint density at radius 1 is 1.27 bits per heavy atom. The van der Waals surface area contributed by atoms with Gasteiger partial charge in [-0.15, -0.1) is 0 Å². The van der Waals surface area contributed by atoms with Crippen LogP contribution in [0.15, 0.2) is 54.7 Å². The Kier molecular flexibility index (Phi) is 5.55. The van der Waals surface area contributed by atoms with Gasteiger partial charge >= 0.3 is 5.97 Å². The Balaban J connectivity index is 2.11. The number of carbonyl (C=O) groups excluding carboxylic acids is 1. The summed E-state index contributed by atoms with van der Waals surface area (Å²) in [6.07, 6.45) is 1.67. The van der Waals surface area contributed by atoms with Gasteiger partial charge in [0.25, 0.3) is 0 Å². The van der Waals surface area contributed by atoms with Crippen LogP contribution in [-0.4, -0.2) is 24.2 Å². The van der Waals surface area contributed by atoms with Gasteiger partial charge in [0.1, 0.15) is 6.61 Å². The number of nitrogens with zero attached hydrogens (tertiary/aromatic N) is 1. The number of hydrogen-bond acceptors (Lipinski definition) is 4. The van der Waals surface area contributed by atoms with Crippen molar-refractivity contribution in [3.8, 4) is 16.9 Å². The highest BCUT2D eigenvalue weighted by molar-refractivity contribution is 6.30. The first-order valence-electron chi connectivity index (χ1n) is 6.80. The van der Waals surface area contributed by atoms with Gasteiger partial charge in [-0.1, -0.05) is 48.5 Å². The normalized spacial score (nSPS) is 10.1. The van der Waals surface area contributed by atoms with Gasteiger partial charge < -0.3 is 9.47 Å². The fourth-order valence-corrected chi connectivity index (χ4v) is 1.93. The van der Waals surface area contributed by atoms with Crippen molar-refractivity contribution < 1.29 is 14.3 Å². The summed E-state index contributed by atoms with van der Waals surface area (Å²) in [6.45, 7) is 5.66. The van der Waals surface area contributed by atoms with Gasteiger partial charge in [0.2, 0.25) is 0 Å². The minimum absolute atomic E-state index is 0.00151. The number of benzene rings is 1. The second-order valence-electron chi connectivity index (χ2n) is 4.49. The van der Waals surface area contributed by atoms with Crippen LogP contribution in [0.4, 0.5) is 0 Å². The van der Waals surface area contributed by atoms with Crippen molar-refractivity contribution in [2.75, 3.05) is 13.2 Å². The van der Waals surface area contributed by atoms with E-state index in [0.29, 0.717) is 12.4 Å². The zero-order valence-electron chi connectivity index (χ0n) is 12.2. The molecule has 0 saturated heterocycles. The zero-order chi connectivity index (χ0) is 15.9. The van der Waals surface area contributed by atoms with Crippen molar-refractivity contribution in [1.29, 1.82) is 0 Å². The maximum absolute atomic E-state index is 11.5. The van der Waals surface area contributed by atoms with Crippen molar-refractivity contribution in [2.45, 2.75) is 6.92 Å². The molecule has 0 saturated carbocycles. The van der Waals surface area contributed by atoms with Crippen LogP contribution in [0.3, 0.4) is 0 Å². The molecule has 0 atom stereocenters. The first kappa shape index (κ1) is 16.0. The number of rotatable bonds is 6. The van der Waals surface area contributed by atoms with Gasteiger partial charge in [0, 0.05) is 11.8 Å². The molecule has 4 nitrogen and oxygen atoms in total. The lowest BCUT2D eigenvalue weighted by molar-refractivity contribution is -0.138. The molecule has 0 bridgehead atoms. The highest BCUT2D eigenvalue weighted by Gasteiger charge is 2.11. The molecule has 0 spiro atoms. The van der Waals surface area contributed by atoms with Gasteiger partial charge in [-0.2, -0.15) is 0 Å². The molecule has 0 fully saturated rings. The van der Waals surface area contributed by atoms with E-state index in [2.05, 4.69) is 11.6 Å². The number of aromatic nitrogens is 1. The molecular formula is C17H16ClNO3. The Morgan fingerprint density at radius 2 is 2.00 bits per heavy atom. The smallest absolute Gasteiger partial charge is 0.336 e. The molecule has 1 heterocycles. The van der Waals surface area contributed by atoms with Gasteiger partial charge in [0.15, 0.2) is 10.9 Å². The molecule has 2 rings (SSSR count). The Bertz CT molecular complexity index is 671. The molecule has 0 amide bonds. The molecule has 0 aliphatic heterocycles. The van der Waals surface area contributed by atoms with Gasteiger partial charge in [0.05, 0.1) is 12.2 Å². The molecule has 0 aliphatic carbocycles. The molecule has 22 heavy (non-hydrogen) atoms. The number of halogens is 1.